The third-order valence-electron chi connectivity index (χ3n) is 5.37. The summed E-state index contributed by atoms with van der Waals surface area (Å²) in [6, 6.07) is 24.6. The SMILES string of the molecule is CCC(NC(=O)c1cccc(CS(=O)(=O)c2ccccc2)c1)c1ncc(-c2ccccc2)[nH]1. The number of aromatic amines is 1. The monoisotopic (exact) mass is 459 g/mol. The van der Waals surface area contributed by atoms with Gasteiger partial charge in [-0.2, -0.15) is 0 Å². The first kappa shape index (κ1) is 22.5. The molecule has 4 rings (SSSR count). The van der Waals surface area contributed by atoms with Gasteiger partial charge in [-0.05, 0) is 41.8 Å². The average Bonchev–Trinajstić information content (AvgIpc) is 3.33. The number of amides is 1. The van der Waals surface area contributed by atoms with E-state index in [9.17, 15) is 13.2 Å². The van der Waals surface area contributed by atoms with Crippen LogP contribution in [0.4, 0.5) is 0 Å². The van der Waals surface area contributed by atoms with Gasteiger partial charge in [-0.1, -0.05) is 67.6 Å². The summed E-state index contributed by atoms with van der Waals surface area (Å²) in [6.07, 6.45) is 2.41. The molecule has 4 aromatic rings. The van der Waals surface area contributed by atoms with Crippen LogP contribution in [0.25, 0.3) is 11.3 Å². The lowest BCUT2D eigenvalue weighted by Gasteiger charge is -2.15. The molecule has 0 saturated carbocycles. The topological polar surface area (TPSA) is 91.9 Å². The van der Waals surface area contributed by atoms with Gasteiger partial charge in [-0.25, -0.2) is 13.4 Å². The second-order valence-electron chi connectivity index (χ2n) is 7.75. The maximum Gasteiger partial charge on any atom is 0.251 e. The van der Waals surface area contributed by atoms with Gasteiger partial charge >= 0.3 is 0 Å². The molecule has 0 aliphatic rings. The number of carbonyl (C=O) groups is 1. The number of imidazole rings is 1. The van der Waals surface area contributed by atoms with E-state index in [1.165, 1.54) is 0 Å². The van der Waals surface area contributed by atoms with Crippen LogP contribution in [0.3, 0.4) is 0 Å². The molecule has 7 heteroatoms. The molecule has 33 heavy (non-hydrogen) atoms. The summed E-state index contributed by atoms with van der Waals surface area (Å²) in [7, 11) is -3.50. The summed E-state index contributed by atoms with van der Waals surface area (Å²) in [4.78, 5) is 21.0. The highest BCUT2D eigenvalue weighted by Crippen LogP contribution is 2.21. The molecule has 0 radical (unpaired) electrons. The molecule has 0 saturated heterocycles. The number of nitrogens with zero attached hydrogens (tertiary/aromatic N) is 1. The van der Waals surface area contributed by atoms with Crippen LogP contribution in [0, 0.1) is 0 Å². The van der Waals surface area contributed by atoms with Crippen molar-refractivity contribution in [1.29, 1.82) is 0 Å². The molecule has 0 spiro atoms. The lowest BCUT2D eigenvalue weighted by atomic mass is 10.1. The maximum atomic E-state index is 12.9. The van der Waals surface area contributed by atoms with E-state index in [1.807, 2.05) is 37.3 Å². The summed E-state index contributed by atoms with van der Waals surface area (Å²) < 4.78 is 25.4. The minimum Gasteiger partial charge on any atom is -0.342 e. The summed E-state index contributed by atoms with van der Waals surface area (Å²) in [6.45, 7) is 1.97. The predicted molar refractivity (Wildman–Crippen MR) is 128 cm³/mol. The van der Waals surface area contributed by atoms with Gasteiger partial charge in [-0.15, -0.1) is 0 Å². The van der Waals surface area contributed by atoms with Gasteiger partial charge < -0.3 is 10.3 Å². The van der Waals surface area contributed by atoms with Crippen LogP contribution in [0.5, 0.6) is 0 Å². The number of hydrogen-bond donors (Lipinski definition) is 2. The predicted octanol–water partition coefficient (Wildman–Crippen LogP) is 4.93. The Labute approximate surface area is 193 Å². The van der Waals surface area contributed by atoms with Crippen molar-refractivity contribution in [2.45, 2.75) is 30.0 Å². The standard InChI is InChI=1S/C26H25N3O3S/c1-2-23(25-27-17-24(28-25)20-11-5-3-6-12-20)29-26(30)21-13-9-10-19(16-21)18-33(31,32)22-14-7-4-8-15-22/h3-17,23H,2,18H2,1H3,(H,27,28)(H,29,30). The molecule has 2 N–H and O–H groups in total. The highest BCUT2D eigenvalue weighted by molar-refractivity contribution is 7.90. The number of H-pyrrole nitrogens is 1. The van der Waals surface area contributed by atoms with Crippen LogP contribution >= 0.6 is 0 Å². The van der Waals surface area contributed by atoms with Gasteiger partial charge in [0.15, 0.2) is 9.84 Å². The van der Waals surface area contributed by atoms with Crippen molar-refractivity contribution in [3.63, 3.8) is 0 Å². The van der Waals surface area contributed by atoms with E-state index in [4.69, 9.17) is 0 Å². The molecule has 0 aliphatic carbocycles. The smallest absolute Gasteiger partial charge is 0.251 e. The fourth-order valence-corrected chi connectivity index (χ4v) is 4.97. The second kappa shape index (κ2) is 9.83. The molecular formula is C26H25N3O3S. The Morgan fingerprint density at radius 3 is 2.36 bits per heavy atom. The molecule has 0 bridgehead atoms. The van der Waals surface area contributed by atoms with Crippen molar-refractivity contribution < 1.29 is 13.2 Å². The Kier molecular flexibility index (Phi) is 6.70. The van der Waals surface area contributed by atoms with Crippen molar-refractivity contribution in [2.24, 2.45) is 0 Å². The quantitative estimate of drug-likeness (QED) is 0.391. The number of aromatic nitrogens is 2. The van der Waals surface area contributed by atoms with Crippen LogP contribution in [0.15, 0.2) is 96.0 Å². The number of nitrogens with one attached hydrogen (secondary N) is 2. The number of rotatable bonds is 8. The van der Waals surface area contributed by atoms with Gasteiger partial charge in [0.1, 0.15) is 5.82 Å². The Hall–Kier alpha value is -3.71. The van der Waals surface area contributed by atoms with Crippen LogP contribution in [-0.2, 0) is 15.6 Å². The molecule has 1 unspecified atom stereocenters. The van der Waals surface area contributed by atoms with Crippen LogP contribution in [0.2, 0.25) is 0 Å². The van der Waals surface area contributed by atoms with E-state index in [1.54, 1.807) is 60.8 Å². The van der Waals surface area contributed by atoms with Crippen LogP contribution in [-0.4, -0.2) is 24.3 Å². The normalized spacial score (nSPS) is 12.3. The van der Waals surface area contributed by atoms with Crippen molar-refractivity contribution >= 4 is 15.7 Å². The fraction of sp³-hybridized carbons (Fsp3) is 0.154. The molecular weight excluding hydrogens is 434 g/mol. The van der Waals surface area contributed by atoms with Gasteiger partial charge in [0.2, 0.25) is 0 Å². The lowest BCUT2D eigenvalue weighted by Crippen LogP contribution is -2.29. The molecule has 0 fully saturated rings. The second-order valence-corrected chi connectivity index (χ2v) is 9.74. The average molecular weight is 460 g/mol. The largest absolute Gasteiger partial charge is 0.342 e. The van der Waals surface area contributed by atoms with E-state index in [2.05, 4.69) is 15.3 Å². The Balaban J connectivity index is 1.49. The number of benzene rings is 3. The molecule has 6 nitrogen and oxygen atoms in total. The molecule has 1 atom stereocenters. The van der Waals surface area contributed by atoms with Crippen LogP contribution in [0.1, 0.15) is 41.1 Å². The number of sulfone groups is 1. The zero-order valence-electron chi connectivity index (χ0n) is 18.2. The van der Waals surface area contributed by atoms with Crippen molar-refractivity contribution in [3.8, 4) is 11.3 Å². The van der Waals surface area contributed by atoms with Gasteiger partial charge in [0.05, 0.1) is 28.6 Å². The van der Waals surface area contributed by atoms with Gasteiger partial charge in [0, 0.05) is 5.56 Å². The zero-order chi connectivity index (χ0) is 23.3. The molecule has 3 aromatic carbocycles. The summed E-state index contributed by atoms with van der Waals surface area (Å²) >= 11 is 0. The summed E-state index contributed by atoms with van der Waals surface area (Å²) in [5.74, 6) is 0.222. The summed E-state index contributed by atoms with van der Waals surface area (Å²) in [5.41, 5.74) is 2.86. The van der Waals surface area contributed by atoms with Gasteiger partial charge in [0.25, 0.3) is 5.91 Å². The van der Waals surface area contributed by atoms with E-state index < -0.39 is 9.84 Å². The maximum absolute atomic E-state index is 12.9. The molecule has 1 aromatic heterocycles. The molecule has 1 heterocycles. The lowest BCUT2D eigenvalue weighted by molar-refractivity contribution is 0.0933. The minimum atomic E-state index is -3.50. The van der Waals surface area contributed by atoms with Crippen LogP contribution < -0.4 is 5.32 Å². The molecule has 168 valence electrons. The van der Waals surface area contributed by atoms with Crippen molar-refractivity contribution in [2.75, 3.05) is 0 Å². The Bertz CT molecular complexity index is 1330. The zero-order valence-corrected chi connectivity index (χ0v) is 19.0. The van der Waals surface area contributed by atoms with Crippen molar-refractivity contribution in [1.82, 2.24) is 15.3 Å². The Morgan fingerprint density at radius 2 is 1.67 bits per heavy atom. The third kappa shape index (κ3) is 5.38. The summed E-state index contributed by atoms with van der Waals surface area (Å²) in [5, 5.41) is 3.00. The highest BCUT2D eigenvalue weighted by atomic mass is 32.2. The minimum absolute atomic E-state index is 0.173. The highest BCUT2D eigenvalue weighted by Gasteiger charge is 2.19. The third-order valence-corrected chi connectivity index (χ3v) is 7.08. The fourth-order valence-electron chi connectivity index (χ4n) is 3.62. The van der Waals surface area contributed by atoms with E-state index >= 15 is 0 Å². The number of carbonyl (C=O) groups excluding carboxylic acids is 1. The first-order valence-electron chi connectivity index (χ1n) is 10.7. The van der Waals surface area contributed by atoms with Gasteiger partial charge in [-0.3, -0.25) is 4.79 Å². The Morgan fingerprint density at radius 1 is 0.970 bits per heavy atom. The van der Waals surface area contributed by atoms with E-state index in [0.717, 1.165) is 11.3 Å². The van der Waals surface area contributed by atoms with E-state index in [0.29, 0.717) is 23.4 Å². The van der Waals surface area contributed by atoms with E-state index in [-0.39, 0.29) is 22.6 Å². The van der Waals surface area contributed by atoms with Crippen molar-refractivity contribution in [3.05, 3.63) is 108 Å². The number of hydrogen-bond acceptors (Lipinski definition) is 4. The molecule has 1 amide bonds. The first-order valence-corrected chi connectivity index (χ1v) is 12.4. The first-order chi connectivity index (χ1) is 16.0. The molecule has 0 aliphatic heterocycles.